The Morgan fingerprint density at radius 2 is 1.97 bits per heavy atom. The van der Waals surface area contributed by atoms with Crippen LogP contribution in [0.15, 0.2) is 67.0 Å². The standard InChI is InChI=1S/C23H23N5O2/c1-15-10-11-25-28(15)19-7-5-6-18(13-19)27-23(30)22(26-16(2)29)12-17-14-24-21-9-4-3-8-20(17)21/h3-11,13-14,22,24H,12H2,1-2H3,(H,26,29)(H,27,30). The summed E-state index contributed by atoms with van der Waals surface area (Å²) in [6, 6.07) is 16.6. The predicted molar refractivity (Wildman–Crippen MR) is 117 cm³/mol. The Labute approximate surface area is 174 Å². The molecule has 7 heteroatoms. The highest BCUT2D eigenvalue weighted by molar-refractivity contribution is 5.98. The van der Waals surface area contributed by atoms with Crippen molar-refractivity contribution < 1.29 is 9.59 Å². The Balaban J connectivity index is 1.56. The van der Waals surface area contributed by atoms with Crippen LogP contribution >= 0.6 is 0 Å². The fourth-order valence-corrected chi connectivity index (χ4v) is 3.56. The van der Waals surface area contributed by atoms with Crippen molar-refractivity contribution in [2.24, 2.45) is 0 Å². The van der Waals surface area contributed by atoms with Crippen molar-refractivity contribution in [1.82, 2.24) is 20.1 Å². The molecule has 2 aromatic carbocycles. The van der Waals surface area contributed by atoms with Crippen molar-refractivity contribution in [2.75, 3.05) is 5.32 Å². The first-order chi connectivity index (χ1) is 14.5. The topological polar surface area (TPSA) is 91.8 Å². The van der Waals surface area contributed by atoms with E-state index in [2.05, 4.69) is 20.7 Å². The number of carbonyl (C=O) groups excluding carboxylic acids is 2. The normalized spacial score (nSPS) is 11.9. The summed E-state index contributed by atoms with van der Waals surface area (Å²) in [6.07, 6.45) is 4.00. The second-order valence-electron chi connectivity index (χ2n) is 7.24. The fourth-order valence-electron chi connectivity index (χ4n) is 3.56. The van der Waals surface area contributed by atoms with Crippen LogP contribution in [0, 0.1) is 6.92 Å². The number of aryl methyl sites for hydroxylation is 1. The van der Waals surface area contributed by atoms with Crippen LogP contribution in [0.2, 0.25) is 0 Å². The molecule has 152 valence electrons. The number of carbonyl (C=O) groups is 2. The van der Waals surface area contributed by atoms with Gasteiger partial charge in [-0.15, -0.1) is 0 Å². The summed E-state index contributed by atoms with van der Waals surface area (Å²) in [6.45, 7) is 3.38. The highest BCUT2D eigenvalue weighted by atomic mass is 16.2. The minimum atomic E-state index is -0.697. The third kappa shape index (κ3) is 4.10. The van der Waals surface area contributed by atoms with E-state index < -0.39 is 6.04 Å². The molecule has 0 spiro atoms. The average Bonchev–Trinajstić information content (AvgIpc) is 3.34. The van der Waals surface area contributed by atoms with Crippen LogP contribution in [0.3, 0.4) is 0 Å². The summed E-state index contributed by atoms with van der Waals surface area (Å²) < 4.78 is 1.80. The van der Waals surface area contributed by atoms with Crippen molar-refractivity contribution in [3.05, 3.63) is 78.2 Å². The number of anilines is 1. The lowest BCUT2D eigenvalue weighted by Gasteiger charge is -2.18. The highest BCUT2D eigenvalue weighted by Crippen LogP contribution is 2.20. The second kappa shape index (κ2) is 8.24. The number of aromatic amines is 1. The van der Waals surface area contributed by atoms with E-state index in [1.807, 2.05) is 67.7 Å². The summed E-state index contributed by atoms with van der Waals surface area (Å²) in [7, 11) is 0. The Bertz CT molecular complexity index is 1210. The Morgan fingerprint density at radius 3 is 2.73 bits per heavy atom. The van der Waals surface area contributed by atoms with Crippen LogP contribution in [0.1, 0.15) is 18.2 Å². The summed E-state index contributed by atoms with van der Waals surface area (Å²) in [5.74, 6) is -0.527. The molecule has 0 fully saturated rings. The molecule has 4 aromatic rings. The largest absolute Gasteiger partial charge is 0.361 e. The van der Waals surface area contributed by atoms with Gasteiger partial charge >= 0.3 is 0 Å². The minimum absolute atomic E-state index is 0.254. The van der Waals surface area contributed by atoms with Gasteiger partial charge in [-0.05, 0) is 42.8 Å². The number of H-pyrrole nitrogens is 1. The SMILES string of the molecule is CC(=O)NC(Cc1c[nH]c2ccccc12)C(=O)Nc1cccc(-n2nccc2C)c1. The van der Waals surface area contributed by atoms with Gasteiger partial charge in [-0.25, -0.2) is 4.68 Å². The van der Waals surface area contributed by atoms with E-state index in [0.717, 1.165) is 27.8 Å². The van der Waals surface area contributed by atoms with Gasteiger partial charge in [0.25, 0.3) is 0 Å². The number of aromatic nitrogens is 3. The number of fused-ring (bicyclic) bond motifs is 1. The number of benzene rings is 2. The van der Waals surface area contributed by atoms with Gasteiger partial charge in [-0.2, -0.15) is 5.10 Å². The van der Waals surface area contributed by atoms with Gasteiger partial charge in [-0.1, -0.05) is 24.3 Å². The van der Waals surface area contributed by atoms with Gasteiger partial charge in [0.1, 0.15) is 6.04 Å². The molecule has 2 amide bonds. The first kappa shape index (κ1) is 19.4. The van der Waals surface area contributed by atoms with E-state index >= 15 is 0 Å². The number of hydrogen-bond donors (Lipinski definition) is 3. The molecule has 1 unspecified atom stereocenters. The molecular formula is C23H23N5O2. The number of nitrogens with one attached hydrogen (secondary N) is 3. The van der Waals surface area contributed by atoms with E-state index in [-0.39, 0.29) is 11.8 Å². The number of hydrogen-bond acceptors (Lipinski definition) is 3. The lowest BCUT2D eigenvalue weighted by atomic mass is 10.0. The lowest BCUT2D eigenvalue weighted by molar-refractivity contribution is -0.125. The van der Waals surface area contributed by atoms with Gasteiger partial charge in [-0.3, -0.25) is 9.59 Å². The number of amides is 2. The summed E-state index contributed by atoms with van der Waals surface area (Å²) in [5, 5.41) is 11.0. The first-order valence-corrected chi connectivity index (χ1v) is 9.75. The molecule has 30 heavy (non-hydrogen) atoms. The third-order valence-electron chi connectivity index (χ3n) is 4.98. The maximum Gasteiger partial charge on any atom is 0.247 e. The van der Waals surface area contributed by atoms with Crippen LogP contribution in [0.25, 0.3) is 16.6 Å². The summed E-state index contributed by atoms with van der Waals surface area (Å²) in [5.41, 5.74) is 4.45. The second-order valence-corrected chi connectivity index (χ2v) is 7.24. The van der Waals surface area contributed by atoms with Gasteiger partial charge in [0.15, 0.2) is 0 Å². The molecule has 0 aliphatic heterocycles. The van der Waals surface area contributed by atoms with Gasteiger partial charge in [0.05, 0.1) is 5.69 Å². The van der Waals surface area contributed by atoms with Gasteiger partial charge < -0.3 is 15.6 Å². The van der Waals surface area contributed by atoms with Gasteiger partial charge in [0, 0.05) is 48.0 Å². The molecule has 3 N–H and O–H groups in total. The van der Waals surface area contributed by atoms with E-state index in [1.165, 1.54) is 6.92 Å². The van der Waals surface area contributed by atoms with Crippen LogP contribution in [0.4, 0.5) is 5.69 Å². The zero-order chi connectivity index (χ0) is 21.1. The molecule has 0 bridgehead atoms. The van der Waals surface area contributed by atoms with Crippen LogP contribution in [-0.4, -0.2) is 32.6 Å². The summed E-state index contributed by atoms with van der Waals surface area (Å²) >= 11 is 0. The van der Waals surface area contributed by atoms with Crippen molar-refractivity contribution in [3.8, 4) is 5.69 Å². The van der Waals surface area contributed by atoms with Crippen molar-refractivity contribution >= 4 is 28.4 Å². The van der Waals surface area contributed by atoms with E-state index in [0.29, 0.717) is 12.1 Å². The van der Waals surface area contributed by atoms with E-state index in [9.17, 15) is 9.59 Å². The molecule has 0 saturated carbocycles. The van der Waals surface area contributed by atoms with Crippen molar-refractivity contribution in [1.29, 1.82) is 0 Å². The smallest absolute Gasteiger partial charge is 0.247 e. The zero-order valence-corrected chi connectivity index (χ0v) is 16.8. The number of rotatable bonds is 6. The molecule has 2 heterocycles. The molecule has 0 aliphatic rings. The Morgan fingerprint density at radius 1 is 1.13 bits per heavy atom. The predicted octanol–water partition coefficient (Wildman–Crippen LogP) is 3.35. The lowest BCUT2D eigenvalue weighted by Crippen LogP contribution is -2.44. The van der Waals surface area contributed by atoms with Crippen LogP contribution < -0.4 is 10.6 Å². The fraction of sp³-hybridized carbons (Fsp3) is 0.174. The summed E-state index contributed by atoms with van der Waals surface area (Å²) in [4.78, 5) is 28.0. The monoisotopic (exact) mass is 401 g/mol. The van der Waals surface area contributed by atoms with Crippen molar-refractivity contribution in [3.63, 3.8) is 0 Å². The Hall–Kier alpha value is -3.87. The molecule has 4 rings (SSSR count). The highest BCUT2D eigenvalue weighted by Gasteiger charge is 2.22. The zero-order valence-electron chi connectivity index (χ0n) is 16.8. The minimum Gasteiger partial charge on any atom is -0.361 e. The van der Waals surface area contributed by atoms with Gasteiger partial charge in [0.2, 0.25) is 11.8 Å². The molecule has 0 radical (unpaired) electrons. The number of para-hydroxylation sites is 1. The maximum absolute atomic E-state index is 13.0. The Kier molecular flexibility index (Phi) is 5.34. The maximum atomic E-state index is 13.0. The number of nitrogens with zero attached hydrogens (tertiary/aromatic N) is 2. The average molecular weight is 401 g/mol. The van der Waals surface area contributed by atoms with Crippen LogP contribution in [0.5, 0.6) is 0 Å². The quantitative estimate of drug-likeness (QED) is 0.463. The third-order valence-corrected chi connectivity index (χ3v) is 4.98. The molecule has 0 saturated heterocycles. The van der Waals surface area contributed by atoms with Crippen molar-refractivity contribution in [2.45, 2.75) is 26.3 Å². The molecular weight excluding hydrogens is 378 g/mol. The molecule has 2 aromatic heterocycles. The molecule has 1 atom stereocenters. The van der Waals surface area contributed by atoms with E-state index in [1.54, 1.807) is 10.9 Å². The van der Waals surface area contributed by atoms with E-state index in [4.69, 9.17) is 0 Å². The molecule has 7 nitrogen and oxygen atoms in total. The van der Waals surface area contributed by atoms with Crippen LogP contribution in [-0.2, 0) is 16.0 Å². The first-order valence-electron chi connectivity index (χ1n) is 9.75. The molecule has 0 aliphatic carbocycles.